The third kappa shape index (κ3) is 3.08. The van der Waals surface area contributed by atoms with Crippen LogP contribution in [-0.4, -0.2) is 19.2 Å². The van der Waals surface area contributed by atoms with Crippen LogP contribution in [0.4, 0.5) is 0 Å². The van der Waals surface area contributed by atoms with E-state index in [9.17, 15) is 8.42 Å². The Labute approximate surface area is 88.9 Å². The molecule has 1 aromatic carbocycles. The summed E-state index contributed by atoms with van der Waals surface area (Å²) in [5.41, 5.74) is 5.24. The minimum atomic E-state index is -3.22. The zero-order valence-electron chi connectivity index (χ0n) is 7.51. The van der Waals surface area contributed by atoms with Gasteiger partial charge in [0.05, 0.1) is 15.6 Å². The highest BCUT2D eigenvalue weighted by Crippen LogP contribution is 2.10. The van der Waals surface area contributed by atoms with E-state index in [2.05, 4.69) is 12.2 Å². The molecule has 0 fully saturated rings. The van der Waals surface area contributed by atoms with Crippen LogP contribution in [0.25, 0.3) is 0 Å². The van der Waals surface area contributed by atoms with Crippen molar-refractivity contribution in [1.29, 1.82) is 0 Å². The Morgan fingerprint density at radius 3 is 2.36 bits per heavy atom. The molecule has 2 N–H and O–H groups in total. The Hall–Kier alpha value is -0.940. The monoisotopic (exact) mass is 229 g/mol. The smallest absolute Gasteiger partial charge is 0.178 e. The molecule has 0 aliphatic carbocycles. The summed E-state index contributed by atoms with van der Waals surface area (Å²) in [7, 11) is -3.22. The van der Waals surface area contributed by atoms with Gasteiger partial charge in [0, 0.05) is 6.42 Å². The van der Waals surface area contributed by atoms with Gasteiger partial charge in [0.2, 0.25) is 0 Å². The zero-order valence-corrected chi connectivity index (χ0v) is 9.14. The van der Waals surface area contributed by atoms with Crippen molar-refractivity contribution in [2.24, 2.45) is 5.73 Å². The predicted molar refractivity (Wildman–Crippen MR) is 59.9 cm³/mol. The highest BCUT2D eigenvalue weighted by Gasteiger charge is 2.13. The maximum Gasteiger partial charge on any atom is 0.178 e. The quantitative estimate of drug-likeness (QED) is 0.786. The third-order valence-corrected chi connectivity index (χ3v) is 3.66. The Morgan fingerprint density at radius 1 is 1.29 bits per heavy atom. The maximum atomic E-state index is 11.6. The van der Waals surface area contributed by atoms with E-state index < -0.39 is 9.84 Å². The first-order chi connectivity index (χ1) is 6.52. The van der Waals surface area contributed by atoms with Gasteiger partial charge in [-0.25, -0.2) is 8.42 Å². The molecule has 0 aliphatic heterocycles. The molecular weight excluding hydrogens is 218 g/mol. The van der Waals surface area contributed by atoms with E-state index >= 15 is 0 Å². The van der Waals surface area contributed by atoms with Crippen molar-refractivity contribution < 1.29 is 8.42 Å². The van der Waals surface area contributed by atoms with Crippen molar-refractivity contribution in [2.75, 3.05) is 5.75 Å². The topological polar surface area (TPSA) is 60.2 Å². The second-order valence-corrected chi connectivity index (χ2v) is 5.48. The summed E-state index contributed by atoms with van der Waals surface area (Å²) in [6.07, 6.45) is 0.229. The van der Waals surface area contributed by atoms with Crippen LogP contribution in [0.1, 0.15) is 6.42 Å². The van der Waals surface area contributed by atoms with Crippen molar-refractivity contribution in [1.82, 2.24) is 0 Å². The molecule has 0 aromatic heterocycles. The molecule has 76 valence electrons. The lowest BCUT2D eigenvalue weighted by Gasteiger charge is -2.02. The molecule has 0 bridgehead atoms. The van der Waals surface area contributed by atoms with Crippen LogP contribution in [0, 0.1) is 0 Å². The number of nitrogens with two attached hydrogens (primary N) is 1. The first-order valence-electron chi connectivity index (χ1n) is 4.08. The standard InChI is InChI=1S/C9H11NO2S2/c10-9(13)6-7-14(11,12)8-4-2-1-3-5-8/h1-5H,6-7H2,(H2,10,13). The number of hydrogen-bond acceptors (Lipinski definition) is 3. The van der Waals surface area contributed by atoms with Crippen molar-refractivity contribution >= 4 is 27.0 Å². The first kappa shape index (κ1) is 11.1. The number of rotatable bonds is 4. The molecule has 0 saturated heterocycles. The summed E-state index contributed by atoms with van der Waals surface area (Å²) >= 11 is 4.63. The fourth-order valence-corrected chi connectivity index (χ4v) is 2.51. The summed E-state index contributed by atoms with van der Waals surface area (Å²) < 4.78 is 23.2. The average molecular weight is 229 g/mol. The van der Waals surface area contributed by atoms with Gasteiger partial charge in [0.1, 0.15) is 0 Å². The molecule has 1 rings (SSSR count). The summed E-state index contributed by atoms with van der Waals surface area (Å²) in [5, 5.41) is 0. The van der Waals surface area contributed by atoms with Crippen LogP contribution in [0.5, 0.6) is 0 Å². The number of benzene rings is 1. The van der Waals surface area contributed by atoms with Gasteiger partial charge in [0.15, 0.2) is 9.84 Å². The van der Waals surface area contributed by atoms with Crippen LogP contribution >= 0.6 is 12.2 Å². The third-order valence-electron chi connectivity index (χ3n) is 1.72. The molecule has 0 spiro atoms. The van der Waals surface area contributed by atoms with Gasteiger partial charge < -0.3 is 5.73 Å². The summed E-state index contributed by atoms with van der Waals surface area (Å²) in [6, 6.07) is 8.28. The van der Waals surface area contributed by atoms with E-state index in [1.165, 1.54) is 0 Å². The molecule has 3 nitrogen and oxygen atoms in total. The van der Waals surface area contributed by atoms with E-state index in [1.54, 1.807) is 30.3 Å². The molecule has 0 radical (unpaired) electrons. The Bertz CT molecular complexity index is 412. The van der Waals surface area contributed by atoms with Gasteiger partial charge in [-0.05, 0) is 12.1 Å². The molecule has 14 heavy (non-hydrogen) atoms. The number of hydrogen-bond donors (Lipinski definition) is 1. The molecule has 0 heterocycles. The summed E-state index contributed by atoms with van der Waals surface area (Å²) in [4.78, 5) is 0.542. The van der Waals surface area contributed by atoms with Crippen LogP contribution in [0.3, 0.4) is 0 Å². The van der Waals surface area contributed by atoms with Gasteiger partial charge >= 0.3 is 0 Å². The van der Waals surface area contributed by atoms with Gasteiger partial charge in [-0.15, -0.1) is 0 Å². The molecule has 0 saturated carbocycles. The van der Waals surface area contributed by atoms with Crippen LogP contribution in [0.15, 0.2) is 35.2 Å². The van der Waals surface area contributed by atoms with Crippen LogP contribution in [-0.2, 0) is 9.84 Å². The fourth-order valence-electron chi connectivity index (χ4n) is 0.981. The normalized spacial score (nSPS) is 11.1. The Balaban J connectivity index is 2.82. The van der Waals surface area contributed by atoms with Crippen LogP contribution in [0.2, 0.25) is 0 Å². The lowest BCUT2D eigenvalue weighted by Crippen LogP contribution is -2.15. The number of sulfone groups is 1. The second-order valence-electron chi connectivity index (χ2n) is 2.85. The molecule has 0 aliphatic rings. The highest BCUT2D eigenvalue weighted by molar-refractivity contribution is 7.91. The molecular formula is C9H11NO2S2. The van der Waals surface area contributed by atoms with E-state index in [0.717, 1.165) is 0 Å². The fraction of sp³-hybridized carbons (Fsp3) is 0.222. The molecule has 5 heteroatoms. The number of thiocarbonyl (C=S) groups is 1. The largest absolute Gasteiger partial charge is 0.393 e. The van der Waals surface area contributed by atoms with E-state index in [1.807, 2.05) is 0 Å². The van der Waals surface area contributed by atoms with Crippen molar-refractivity contribution in [3.8, 4) is 0 Å². The van der Waals surface area contributed by atoms with Gasteiger partial charge in [-0.3, -0.25) is 0 Å². The summed E-state index contributed by atoms with van der Waals surface area (Å²) in [5.74, 6) is -0.0215. The molecule has 0 atom stereocenters. The lowest BCUT2D eigenvalue weighted by molar-refractivity contribution is 0.596. The predicted octanol–water partition coefficient (Wildman–Crippen LogP) is 1.14. The molecule has 0 unspecified atom stereocenters. The van der Waals surface area contributed by atoms with Gasteiger partial charge in [-0.1, -0.05) is 30.4 Å². The first-order valence-corrected chi connectivity index (χ1v) is 6.14. The zero-order chi connectivity index (χ0) is 10.6. The van der Waals surface area contributed by atoms with Crippen molar-refractivity contribution in [2.45, 2.75) is 11.3 Å². The Kier molecular flexibility index (Phi) is 3.60. The van der Waals surface area contributed by atoms with E-state index in [4.69, 9.17) is 5.73 Å². The van der Waals surface area contributed by atoms with Gasteiger partial charge in [-0.2, -0.15) is 0 Å². The SMILES string of the molecule is NC(=S)CCS(=O)(=O)c1ccccc1. The van der Waals surface area contributed by atoms with Gasteiger partial charge in [0.25, 0.3) is 0 Å². The minimum Gasteiger partial charge on any atom is -0.393 e. The Morgan fingerprint density at radius 2 is 1.86 bits per heavy atom. The molecule has 0 amide bonds. The van der Waals surface area contributed by atoms with E-state index in [-0.39, 0.29) is 17.2 Å². The van der Waals surface area contributed by atoms with Crippen molar-refractivity contribution in [3.05, 3.63) is 30.3 Å². The second kappa shape index (κ2) is 4.52. The van der Waals surface area contributed by atoms with E-state index in [0.29, 0.717) is 4.90 Å². The minimum absolute atomic E-state index is 0.0215. The summed E-state index contributed by atoms with van der Waals surface area (Å²) in [6.45, 7) is 0. The van der Waals surface area contributed by atoms with Crippen molar-refractivity contribution in [3.63, 3.8) is 0 Å². The highest BCUT2D eigenvalue weighted by atomic mass is 32.2. The lowest BCUT2D eigenvalue weighted by atomic mass is 10.4. The van der Waals surface area contributed by atoms with Crippen LogP contribution < -0.4 is 5.73 Å². The maximum absolute atomic E-state index is 11.6. The average Bonchev–Trinajstić information content (AvgIpc) is 2.16. The molecule has 1 aromatic rings.